The normalized spacial score (nSPS) is 10.7. The van der Waals surface area contributed by atoms with Gasteiger partial charge in [0.05, 0.1) is 27.5 Å². The highest BCUT2D eigenvalue weighted by Gasteiger charge is 2.25. The summed E-state index contributed by atoms with van der Waals surface area (Å²) < 4.78 is 1.29. The van der Waals surface area contributed by atoms with Gasteiger partial charge in [-0.1, -0.05) is 30.3 Å². The molecular formula is C15H11N3O5. The quantitative estimate of drug-likeness (QED) is 0.544. The van der Waals surface area contributed by atoms with Crippen LogP contribution in [0, 0.1) is 20.2 Å². The van der Waals surface area contributed by atoms with Crippen molar-refractivity contribution in [3.63, 3.8) is 0 Å². The highest BCUT2D eigenvalue weighted by Crippen LogP contribution is 2.39. The maximum atomic E-state index is 11.4. The van der Waals surface area contributed by atoms with Crippen molar-refractivity contribution in [1.29, 1.82) is 0 Å². The van der Waals surface area contributed by atoms with E-state index in [0.29, 0.717) is 10.9 Å². The number of nitrogens with zero attached hydrogens (tertiary/aromatic N) is 3. The first-order valence-electron chi connectivity index (χ1n) is 6.60. The summed E-state index contributed by atoms with van der Waals surface area (Å²) in [6, 6.07) is 11.3. The van der Waals surface area contributed by atoms with Crippen molar-refractivity contribution in [3.05, 3.63) is 68.9 Å². The molecule has 23 heavy (non-hydrogen) atoms. The van der Waals surface area contributed by atoms with Gasteiger partial charge in [0.15, 0.2) is 0 Å². The van der Waals surface area contributed by atoms with Gasteiger partial charge >= 0.3 is 0 Å². The summed E-state index contributed by atoms with van der Waals surface area (Å²) in [6.07, 6.45) is 1.58. The van der Waals surface area contributed by atoms with Crippen molar-refractivity contribution < 1.29 is 14.7 Å². The molecule has 1 heterocycles. The van der Waals surface area contributed by atoms with Crippen LogP contribution in [0.15, 0.2) is 48.7 Å². The molecule has 0 spiro atoms. The van der Waals surface area contributed by atoms with E-state index < -0.39 is 9.85 Å². The molecule has 0 amide bonds. The zero-order valence-corrected chi connectivity index (χ0v) is 12.0. The van der Waals surface area contributed by atoms with E-state index in [1.54, 1.807) is 18.3 Å². The molecule has 0 unspecified atom stereocenters. The van der Waals surface area contributed by atoms with Crippen LogP contribution < -0.4 is 4.84 Å². The monoisotopic (exact) mass is 313 g/mol. The van der Waals surface area contributed by atoms with Crippen LogP contribution in [0.2, 0.25) is 0 Å². The molecule has 0 N–H and O–H groups in total. The summed E-state index contributed by atoms with van der Waals surface area (Å²) in [5.41, 5.74) is 0.908. The Labute approximate surface area is 129 Å². The third kappa shape index (κ3) is 2.35. The average molecular weight is 313 g/mol. The van der Waals surface area contributed by atoms with Gasteiger partial charge in [0.25, 0.3) is 11.4 Å². The van der Waals surface area contributed by atoms with Crippen LogP contribution in [0.1, 0.15) is 0 Å². The fraction of sp³-hybridized carbons (Fsp3) is 0.0667. The molecule has 2 aromatic carbocycles. The minimum Gasteiger partial charge on any atom is -0.417 e. The molecule has 0 aliphatic carbocycles. The minimum absolute atomic E-state index is 0.271. The third-order valence-electron chi connectivity index (χ3n) is 3.52. The molecule has 0 radical (unpaired) electrons. The van der Waals surface area contributed by atoms with Crippen LogP contribution in [-0.2, 0) is 0 Å². The molecule has 0 aliphatic rings. The Bertz CT molecular complexity index is 918. The number of fused-ring (bicyclic) bond motifs is 1. The molecule has 116 valence electrons. The lowest BCUT2D eigenvalue weighted by Gasteiger charge is -2.02. The first-order valence-corrected chi connectivity index (χ1v) is 6.60. The van der Waals surface area contributed by atoms with E-state index in [4.69, 9.17) is 4.84 Å². The fourth-order valence-corrected chi connectivity index (χ4v) is 2.54. The molecule has 0 atom stereocenters. The molecule has 0 saturated heterocycles. The van der Waals surface area contributed by atoms with Crippen LogP contribution in [0.4, 0.5) is 11.4 Å². The SMILES string of the molecule is COn1cc(-c2ccccc2)c2c([N+](=O)[O-])cc([N+](=O)[O-])cc21. The number of rotatable bonds is 4. The summed E-state index contributed by atoms with van der Waals surface area (Å²) >= 11 is 0. The van der Waals surface area contributed by atoms with E-state index in [1.165, 1.54) is 17.9 Å². The lowest BCUT2D eigenvalue weighted by Crippen LogP contribution is -2.03. The maximum Gasteiger partial charge on any atom is 0.286 e. The van der Waals surface area contributed by atoms with Crippen molar-refractivity contribution in [2.24, 2.45) is 0 Å². The number of nitro benzene ring substituents is 2. The second-order valence-electron chi connectivity index (χ2n) is 4.79. The summed E-state index contributed by atoms with van der Waals surface area (Å²) in [6.45, 7) is 0. The zero-order chi connectivity index (χ0) is 16.6. The fourth-order valence-electron chi connectivity index (χ4n) is 2.54. The van der Waals surface area contributed by atoms with E-state index >= 15 is 0 Å². The van der Waals surface area contributed by atoms with Crippen LogP contribution >= 0.6 is 0 Å². The van der Waals surface area contributed by atoms with E-state index in [-0.39, 0.29) is 16.9 Å². The Balaban J connectivity index is 2.44. The average Bonchev–Trinajstić information content (AvgIpc) is 2.93. The highest BCUT2D eigenvalue weighted by atomic mass is 16.6. The van der Waals surface area contributed by atoms with Gasteiger partial charge in [0, 0.05) is 11.6 Å². The van der Waals surface area contributed by atoms with Crippen molar-refractivity contribution in [2.75, 3.05) is 7.11 Å². The van der Waals surface area contributed by atoms with Gasteiger partial charge < -0.3 is 4.84 Å². The standard InChI is InChI=1S/C15H11N3O5/c1-23-16-9-12(10-5-3-2-4-6-10)15-13(16)7-11(17(19)20)8-14(15)18(21)22/h2-9H,1H3. The number of nitro groups is 2. The molecule has 8 heteroatoms. The van der Waals surface area contributed by atoms with Crippen LogP contribution in [0.3, 0.4) is 0 Å². The van der Waals surface area contributed by atoms with Gasteiger partial charge in [-0.05, 0) is 5.56 Å². The second kappa shape index (κ2) is 5.41. The van der Waals surface area contributed by atoms with Crippen molar-refractivity contribution in [3.8, 4) is 11.1 Å². The number of benzene rings is 2. The first kappa shape index (κ1) is 14.5. The lowest BCUT2D eigenvalue weighted by atomic mass is 10.0. The molecule has 0 saturated carbocycles. The first-order chi connectivity index (χ1) is 11.0. The Morgan fingerprint density at radius 1 is 1.04 bits per heavy atom. The number of non-ortho nitro benzene ring substituents is 2. The van der Waals surface area contributed by atoms with Crippen LogP contribution in [-0.4, -0.2) is 21.7 Å². The van der Waals surface area contributed by atoms with Crippen molar-refractivity contribution in [1.82, 2.24) is 4.73 Å². The third-order valence-corrected chi connectivity index (χ3v) is 3.52. The molecule has 0 aliphatic heterocycles. The predicted molar refractivity (Wildman–Crippen MR) is 83.2 cm³/mol. The summed E-state index contributed by atoms with van der Waals surface area (Å²) in [5.74, 6) is 0. The Kier molecular flexibility index (Phi) is 3.41. The van der Waals surface area contributed by atoms with Gasteiger partial charge in [0.1, 0.15) is 12.6 Å². The van der Waals surface area contributed by atoms with Crippen molar-refractivity contribution >= 4 is 22.3 Å². The van der Waals surface area contributed by atoms with Gasteiger partial charge in [-0.15, -0.1) is 0 Å². The smallest absolute Gasteiger partial charge is 0.286 e. The van der Waals surface area contributed by atoms with Crippen molar-refractivity contribution in [2.45, 2.75) is 0 Å². The van der Waals surface area contributed by atoms with Gasteiger partial charge in [-0.3, -0.25) is 20.2 Å². The van der Waals surface area contributed by atoms with E-state index in [0.717, 1.165) is 11.6 Å². The van der Waals surface area contributed by atoms with E-state index in [1.807, 2.05) is 18.2 Å². The summed E-state index contributed by atoms with van der Waals surface area (Å²) in [5, 5.41) is 22.7. The maximum absolute atomic E-state index is 11.4. The molecule has 3 rings (SSSR count). The Hall–Kier alpha value is -3.42. The van der Waals surface area contributed by atoms with Crippen LogP contribution in [0.25, 0.3) is 22.0 Å². The molecule has 0 fully saturated rings. The molecule has 3 aromatic rings. The van der Waals surface area contributed by atoms with E-state index in [2.05, 4.69) is 0 Å². The molecule has 8 nitrogen and oxygen atoms in total. The summed E-state index contributed by atoms with van der Waals surface area (Å²) in [4.78, 5) is 26.3. The minimum atomic E-state index is -0.665. The molecule has 1 aromatic heterocycles. The van der Waals surface area contributed by atoms with Gasteiger partial charge in [-0.2, -0.15) is 4.73 Å². The van der Waals surface area contributed by atoms with E-state index in [9.17, 15) is 20.2 Å². The van der Waals surface area contributed by atoms with Crippen LogP contribution in [0.5, 0.6) is 0 Å². The Morgan fingerprint density at radius 2 is 1.74 bits per heavy atom. The van der Waals surface area contributed by atoms with Gasteiger partial charge in [-0.25, -0.2) is 0 Å². The molecule has 0 bridgehead atoms. The number of hydrogen-bond acceptors (Lipinski definition) is 5. The largest absolute Gasteiger partial charge is 0.417 e. The number of aromatic nitrogens is 1. The number of hydrogen-bond donors (Lipinski definition) is 0. The van der Waals surface area contributed by atoms with Gasteiger partial charge in [0.2, 0.25) is 0 Å². The molecular weight excluding hydrogens is 302 g/mol. The zero-order valence-electron chi connectivity index (χ0n) is 12.0. The summed E-state index contributed by atoms with van der Waals surface area (Å²) in [7, 11) is 1.39. The lowest BCUT2D eigenvalue weighted by molar-refractivity contribution is -0.393. The predicted octanol–water partition coefficient (Wildman–Crippen LogP) is 3.18. The highest BCUT2D eigenvalue weighted by molar-refractivity contribution is 6.03. The second-order valence-corrected chi connectivity index (χ2v) is 4.79. The topological polar surface area (TPSA) is 100 Å². The Morgan fingerprint density at radius 3 is 2.30 bits per heavy atom.